The van der Waals surface area contributed by atoms with Crippen LogP contribution in [-0.4, -0.2) is 117 Å². The van der Waals surface area contributed by atoms with Crippen molar-refractivity contribution in [3.63, 3.8) is 0 Å². The van der Waals surface area contributed by atoms with Gasteiger partial charge in [-0.05, 0) is 109 Å². The monoisotopic (exact) mass is 1060 g/mol. The molecule has 10 aromatic rings. The van der Waals surface area contributed by atoms with Gasteiger partial charge in [0, 0.05) is 83.2 Å². The van der Waals surface area contributed by atoms with Crippen LogP contribution in [0.5, 0.6) is 0 Å². The zero-order valence-corrected chi connectivity index (χ0v) is 43.4. The highest BCUT2D eigenvalue weighted by Gasteiger charge is 2.28. The summed E-state index contributed by atoms with van der Waals surface area (Å²) in [5.41, 5.74) is 9.51. The Labute approximate surface area is 453 Å². The molecule has 0 aliphatic rings. The van der Waals surface area contributed by atoms with Gasteiger partial charge in [0.25, 0.3) is 17.7 Å². The van der Waals surface area contributed by atoms with Gasteiger partial charge in [0.15, 0.2) is 0 Å². The van der Waals surface area contributed by atoms with E-state index < -0.39 is 35.8 Å². The first-order chi connectivity index (χ1) is 38.6. The maximum Gasteiger partial charge on any atom is 0.330 e. The molecule has 0 bridgehead atoms. The first-order valence-corrected chi connectivity index (χ1v) is 24.9. The first kappa shape index (κ1) is 53.3. The number of ether oxygens (including phenoxy) is 1. The fourth-order valence-corrected chi connectivity index (χ4v) is 8.52. The molecule has 10 rings (SSSR count). The Balaban J connectivity index is 0.000000192. The highest BCUT2D eigenvalue weighted by molar-refractivity contribution is 6.02. The molecule has 6 aromatic heterocycles. The highest BCUT2D eigenvalue weighted by Crippen LogP contribution is 2.28. The van der Waals surface area contributed by atoms with Crippen LogP contribution in [0.2, 0.25) is 0 Å². The van der Waals surface area contributed by atoms with Gasteiger partial charge in [-0.3, -0.25) is 19.2 Å². The van der Waals surface area contributed by atoms with Crippen LogP contribution < -0.4 is 36.5 Å². The van der Waals surface area contributed by atoms with E-state index >= 15 is 0 Å². The van der Waals surface area contributed by atoms with E-state index in [2.05, 4.69) is 66.6 Å². The van der Waals surface area contributed by atoms with E-state index in [0.29, 0.717) is 40.4 Å². The van der Waals surface area contributed by atoms with Crippen molar-refractivity contribution in [2.24, 2.45) is 0 Å². The summed E-state index contributed by atoms with van der Waals surface area (Å²) in [5.74, 6) is 0.418. The van der Waals surface area contributed by atoms with E-state index in [0.717, 1.165) is 50.3 Å². The van der Waals surface area contributed by atoms with Gasteiger partial charge < -0.3 is 45.8 Å². The van der Waals surface area contributed by atoms with Crippen molar-refractivity contribution in [2.45, 2.75) is 12.1 Å². The molecule has 398 valence electrons. The topological polar surface area (TPSA) is 262 Å². The highest BCUT2D eigenvalue weighted by atomic mass is 16.6. The summed E-state index contributed by atoms with van der Waals surface area (Å²) in [4.78, 5) is 94.0. The second kappa shape index (κ2) is 25.3. The number of rotatable bonds is 19. The second-order valence-corrected chi connectivity index (χ2v) is 17.5. The number of anilines is 6. The number of esters is 1. The second-order valence-electron chi connectivity index (χ2n) is 17.5. The van der Waals surface area contributed by atoms with Gasteiger partial charge >= 0.3 is 5.97 Å². The molecule has 21 heteroatoms. The number of hydrogen-bond donors (Lipinski definition) is 7. The number of carbonyl (C=O) groups is 4. The van der Waals surface area contributed by atoms with E-state index in [1.54, 1.807) is 75.3 Å². The van der Waals surface area contributed by atoms with Crippen molar-refractivity contribution in [2.75, 3.05) is 61.8 Å². The minimum absolute atomic E-state index is 0.111. The summed E-state index contributed by atoms with van der Waals surface area (Å²) in [6, 6.07) is 46.2. The summed E-state index contributed by atoms with van der Waals surface area (Å²) in [6.45, 7) is 0.234. The van der Waals surface area contributed by atoms with E-state index in [1.165, 1.54) is 14.2 Å². The number of H-pyrrole nitrogens is 2. The molecular weight excluding hydrogens is 1000 g/mol. The van der Waals surface area contributed by atoms with Crippen LogP contribution in [0.3, 0.4) is 0 Å². The number of nitrogens with zero attached hydrogens (tertiary/aromatic N) is 8. The van der Waals surface area contributed by atoms with Crippen molar-refractivity contribution in [1.82, 2.24) is 56.0 Å². The Morgan fingerprint density at radius 3 is 1.41 bits per heavy atom. The number of pyridine rings is 2. The predicted octanol–water partition coefficient (Wildman–Crippen LogP) is 7.85. The van der Waals surface area contributed by atoms with Crippen molar-refractivity contribution in [3.05, 3.63) is 194 Å². The quantitative estimate of drug-likeness (QED) is 0.0300. The molecular formula is C58H55N15O6. The third-order valence-electron chi connectivity index (χ3n) is 12.4. The smallest absolute Gasteiger partial charge is 0.330 e. The lowest BCUT2D eigenvalue weighted by molar-refractivity contribution is -0.142. The van der Waals surface area contributed by atoms with Crippen molar-refractivity contribution in [3.8, 4) is 22.8 Å². The standard InChI is InChI=1S/C29H28N8O3.C29H27N7O3/c1-30-29-32-15-13-23(35-29)24-17-20-16-19(11-12-22(20)33-24)27(38)34-25(28(39)36-40-2)18-37(21-8-4-3-5-9-21)26-10-6-7-14-31-26;1-30-29-32-15-13-23(35-29)24-17-20-16-19(11-12-22(20)33-24)27(37)34-25(28(38)39-2)18-36(21-8-4-3-5-9-21)26-10-6-7-14-31-26/h3-17,25,33H,18H2,1-2H3,(H,34,38)(H,36,39)(H,30,32,35);3-17,25,33H,18H2,1-2H3,(H,34,37)(H,30,32,35)/t2*25-/m00/s1. The van der Waals surface area contributed by atoms with Crippen molar-refractivity contribution < 1.29 is 28.8 Å². The number of para-hydroxylation sites is 2. The summed E-state index contributed by atoms with van der Waals surface area (Å²) >= 11 is 0. The third-order valence-corrected chi connectivity index (χ3v) is 12.4. The van der Waals surface area contributed by atoms with Gasteiger partial charge in [-0.15, -0.1) is 0 Å². The minimum atomic E-state index is -0.965. The zero-order chi connectivity index (χ0) is 55.1. The molecule has 0 saturated heterocycles. The fraction of sp³-hybridized carbons (Fsp3) is 0.138. The summed E-state index contributed by atoms with van der Waals surface area (Å²) < 4.78 is 5.04. The summed E-state index contributed by atoms with van der Waals surface area (Å²) in [5, 5.41) is 13.2. The fourth-order valence-electron chi connectivity index (χ4n) is 8.52. The molecule has 0 fully saturated rings. The molecule has 79 heavy (non-hydrogen) atoms. The molecule has 0 aliphatic heterocycles. The number of fused-ring (bicyclic) bond motifs is 2. The van der Waals surface area contributed by atoms with E-state index in [9.17, 15) is 19.2 Å². The number of aromatic nitrogens is 8. The Kier molecular flexibility index (Phi) is 17.1. The number of methoxy groups -OCH3 is 1. The number of aromatic amines is 2. The molecule has 21 nitrogen and oxygen atoms in total. The molecule has 0 unspecified atom stereocenters. The zero-order valence-electron chi connectivity index (χ0n) is 43.4. The van der Waals surface area contributed by atoms with Gasteiger partial charge in [-0.25, -0.2) is 40.2 Å². The number of hydrogen-bond acceptors (Lipinski definition) is 16. The van der Waals surface area contributed by atoms with E-state index in [4.69, 9.17) is 9.57 Å². The molecule has 0 spiro atoms. The lowest BCUT2D eigenvalue weighted by atomic mass is 10.1. The van der Waals surface area contributed by atoms with Crippen LogP contribution in [0.15, 0.2) is 183 Å². The average molecular weight is 1060 g/mol. The number of hydroxylamine groups is 1. The van der Waals surface area contributed by atoms with Crippen LogP contribution in [0.4, 0.5) is 34.9 Å². The molecule has 6 heterocycles. The molecule has 0 saturated carbocycles. The lowest BCUT2D eigenvalue weighted by Crippen LogP contribution is -2.52. The average Bonchev–Trinajstić information content (AvgIpc) is 4.19. The van der Waals surface area contributed by atoms with Crippen LogP contribution in [0.25, 0.3) is 44.6 Å². The molecule has 2 atom stereocenters. The Hall–Kier alpha value is -10.5. The molecule has 7 N–H and O–H groups in total. The van der Waals surface area contributed by atoms with Crippen molar-refractivity contribution in [1.29, 1.82) is 0 Å². The van der Waals surface area contributed by atoms with Gasteiger partial charge in [-0.2, -0.15) is 0 Å². The Morgan fingerprint density at radius 1 is 0.519 bits per heavy atom. The predicted molar refractivity (Wildman–Crippen MR) is 303 cm³/mol. The van der Waals surface area contributed by atoms with Crippen LogP contribution in [0, 0.1) is 0 Å². The number of benzene rings is 4. The van der Waals surface area contributed by atoms with Gasteiger partial charge in [0.2, 0.25) is 11.9 Å². The van der Waals surface area contributed by atoms with E-state index in [-0.39, 0.29) is 13.1 Å². The number of nitrogens with one attached hydrogen (secondary N) is 7. The Morgan fingerprint density at radius 2 is 0.975 bits per heavy atom. The summed E-state index contributed by atoms with van der Waals surface area (Å²) in [6.07, 6.45) is 6.70. The SMILES string of the molecule is CNc1nccc(-c2cc3cc(C(=O)N[C@@H](CN(c4ccccc4)c4ccccn4)C(=O)NOC)ccc3[nH]2)n1.CNc1nccc(-c2cc3cc(C(=O)N[C@@H](CN(c4ccccc4)c4ccccn4)C(=O)OC)ccc3[nH]2)n1. The lowest BCUT2D eigenvalue weighted by Gasteiger charge is -2.28. The molecule has 0 radical (unpaired) electrons. The van der Waals surface area contributed by atoms with Crippen LogP contribution in [-0.2, 0) is 19.2 Å². The van der Waals surface area contributed by atoms with Gasteiger partial charge in [0.1, 0.15) is 23.7 Å². The van der Waals surface area contributed by atoms with Gasteiger partial charge in [-0.1, -0.05) is 48.5 Å². The van der Waals surface area contributed by atoms with Gasteiger partial charge in [0.05, 0.1) is 50.1 Å². The molecule has 0 aliphatic carbocycles. The first-order valence-electron chi connectivity index (χ1n) is 24.9. The van der Waals surface area contributed by atoms with Crippen LogP contribution in [0.1, 0.15) is 20.7 Å². The maximum absolute atomic E-state index is 13.4. The van der Waals surface area contributed by atoms with E-state index in [1.807, 2.05) is 131 Å². The molecule has 3 amide bonds. The largest absolute Gasteiger partial charge is 0.467 e. The van der Waals surface area contributed by atoms with Crippen molar-refractivity contribution >= 4 is 80.4 Å². The third kappa shape index (κ3) is 13.1. The number of carbonyl (C=O) groups excluding carboxylic acids is 4. The maximum atomic E-state index is 13.4. The number of amides is 3. The minimum Gasteiger partial charge on any atom is -0.467 e. The Bertz CT molecular complexity index is 3600. The molecule has 4 aromatic carbocycles. The van der Waals surface area contributed by atoms with Crippen LogP contribution >= 0.6 is 0 Å². The normalized spacial score (nSPS) is 11.5. The summed E-state index contributed by atoms with van der Waals surface area (Å²) in [7, 11) is 6.16.